The van der Waals surface area contributed by atoms with Gasteiger partial charge in [-0.3, -0.25) is 4.90 Å². The molecule has 0 aliphatic carbocycles. The first-order valence-electron chi connectivity index (χ1n) is 8.49. The number of aryl methyl sites for hydroxylation is 2. The van der Waals surface area contributed by atoms with Gasteiger partial charge in [-0.15, -0.1) is 11.3 Å². The summed E-state index contributed by atoms with van der Waals surface area (Å²) in [5.74, 6) is 0.854. The van der Waals surface area contributed by atoms with Crippen molar-refractivity contribution in [2.75, 3.05) is 13.2 Å². The minimum atomic E-state index is 0.0882. The molecule has 0 aromatic carbocycles. The summed E-state index contributed by atoms with van der Waals surface area (Å²) in [7, 11) is 0. The van der Waals surface area contributed by atoms with Crippen LogP contribution in [0.15, 0.2) is 16.0 Å². The first-order valence-corrected chi connectivity index (χ1v) is 9.37. The van der Waals surface area contributed by atoms with E-state index in [9.17, 15) is 0 Å². The summed E-state index contributed by atoms with van der Waals surface area (Å²) in [6, 6.07) is 2.41. The Labute approximate surface area is 145 Å². The van der Waals surface area contributed by atoms with Crippen LogP contribution in [0, 0.1) is 13.8 Å². The summed E-state index contributed by atoms with van der Waals surface area (Å²) >= 11 is 1.66. The molecule has 0 radical (unpaired) electrons. The van der Waals surface area contributed by atoms with Crippen LogP contribution >= 0.6 is 11.3 Å². The number of nitrogens with zero attached hydrogens (tertiary/aromatic N) is 3. The third kappa shape index (κ3) is 3.39. The maximum absolute atomic E-state index is 6.18. The molecule has 2 aromatic heterocycles. The second kappa shape index (κ2) is 6.92. The third-order valence-electron chi connectivity index (χ3n) is 4.74. The number of ether oxygens (including phenoxy) is 2. The normalized spacial score (nSPS) is 27.5. The van der Waals surface area contributed by atoms with Gasteiger partial charge in [0.1, 0.15) is 11.9 Å². The summed E-state index contributed by atoms with van der Waals surface area (Å²) in [5.41, 5.74) is 1.99. The topological polar surface area (TPSA) is 60.6 Å². The monoisotopic (exact) mass is 349 g/mol. The van der Waals surface area contributed by atoms with Crippen molar-refractivity contribution < 1.29 is 14.0 Å². The minimum Gasteiger partial charge on any atom is -0.374 e. The van der Waals surface area contributed by atoms with Crippen LogP contribution < -0.4 is 0 Å². The summed E-state index contributed by atoms with van der Waals surface area (Å²) in [5, 5.41) is 7.28. The van der Waals surface area contributed by atoms with Gasteiger partial charge in [0.25, 0.3) is 0 Å². The van der Waals surface area contributed by atoms with Crippen LogP contribution in [0.4, 0.5) is 0 Å². The van der Waals surface area contributed by atoms with E-state index in [1.54, 1.807) is 11.3 Å². The van der Waals surface area contributed by atoms with Gasteiger partial charge in [0.05, 0.1) is 29.1 Å². The first-order chi connectivity index (χ1) is 11.7. The fourth-order valence-corrected chi connectivity index (χ4v) is 4.30. The van der Waals surface area contributed by atoms with Gasteiger partial charge in [0.15, 0.2) is 0 Å². The lowest BCUT2D eigenvalue weighted by molar-refractivity contribution is -0.0823. The summed E-state index contributed by atoms with van der Waals surface area (Å²) in [6.07, 6.45) is 2.49. The highest BCUT2D eigenvalue weighted by Gasteiger charge is 2.44. The Kier molecular flexibility index (Phi) is 4.67. The Morgan fingerprint density at radius 2 is 2.29 bits per heavy atom. The number of thiazole rings is 1. The molecular formula is C17H23N3O3S. The molecule has 2 aliphatic rings. The van der Waals surface area contributed by atoms with Crippen molar-refractivity contribution in [2.45, 2.75) is 58.1 Å². The third-order valence-corrected chi connectivity index (χ3v) is 5.56. The molecule has 0 N–H and O–H groups in total. The van der Waals surface area contributed by atoms with Gasteiger partial charge in [0, 0.05) is 37.2 Å². The van der Waals surface area contributed by atoms with Crippen molar-refractivity contribution in [3.63, 3.8) is 0 Å². The van der Waals surface area contributed by atoms with Gasteiger partial charge in [0.2, 0.25) is 0 Å². The van der Waals surface area contributed by atoms with E-state index < -0.39 is 0 Å². The molecule has 0 saturated carbocycles. The minimum absolute atomic E-state index is 0.0882. The van der Waals surface area contributed by atoms with Gasteiger partial charge in [-0.2, -0.15) is 0 Å². The Balaban J connectivity index is 1.42. The molecule has 4 rings (SSSR count). The number of fused-ring (bicyclic) bond motifs is 1. The maximum Gasteiger partial charge on any atom is 0.133 e. The first kappa shape index (κ1) is 16.2. The van der Waals surface area contributed by atoms with Gasteiger partial charge < -0.3 is 14.0 Å². The van der Waals surface area contributed by atoms with Crippen LogP contribution in [0.3, 0.4) is 0 Å². The molecule has 2 aromatic rings. The molecule has 24 heavy (non-hydrogen) atoms. The fourth-order valence-electron chi connectivity index (χ4n) is 3.70. The molecule has 3 atom stereocenters. The second-order valence-electron chi connectivity index (χ2n) is 6.61. The summed E-state index contributed by atoms with van der Waals surface area (Å²) in [4.78, 5) is 6.91. The van der Waals surface area contributed by atoms with Crippen molar-refractivity contribution >= 4 is 11.3 Å². The molecule has 2 saturated heterocycles. The van der Waals surface area contributed by atoms with Gasteiger partial charge in [-0.1, -0.05) is 5.16 Å². The number of likely N-dealkylation sites (tertiary alicyclic amines) is 1. The molecule has 130 valence electrons. The molecule has 2 aliphatic heterocycles. The average Bonchev–Trinajstić information content (AvgIpc) is 3.26. The van der Waals surface area contributed by atoms with E-state index in [1.807, 2.05) is 19.9 Å². The van der Waals surface area contributed by atoms with Crippen LogP contribution in [0.25, 0.3) is 0 Å². The highest BCUT2D eigenvalue weighted by Crippen LogP contribution is 2.32. The van der Waals surface area contributed by atoms with E-state index in [4.69, 9.17) is 14.0 Å². The van der Waals surface area contributed by atoms with Crippen LogP contribution in [0.2, 0.25) is 0 Å². The van der Waals surface area contributed by atoms with Gasteiger partial charge in [-0.05, 0) is 26.7 Å². The average molecular weight is 349 g/mol. The lowest BCUT2D eigenvalue weighted by Crippen LogP contribution is -2.41. The zero-order chi connectivity index (χ0) is 16.5. The Bertz CT molecular complexity index is 686. The number of rotatable bonds is 5. The van der Waals surface area contributed by atoms with Crippen LogP contribution in [0.1, 0.15) is 35.0 Å². The molecule has 6 nitrogen and oxygen atoms in total. The smallest absolute Gasteiger partial charge is 0.133 e. The predicted octanol–water partition coefficient (Wildman–Crippen LogP) is 2.70. The largest absolute Gasteiger partial charge is 0.374 e. The van der Waals surface area contributed by atoms with Crippen LogP contribution in [-0.4, -0.2) is 46.4 Å². The van der Waals surface area contributed by atoms with Crippen molar-refractivity contribution in [1.82, 2.24) is 15.0 Å². The SMILES string of the molecule is Cc1cc(CN2C[C@@H](OCc3csc(C)n3)[C@@H]3OCCC[C@@H]32)no1. The molecule has 0 spiro atoms. The van der Waals surface area contributed by atoms with Crippen molar-refractivity contribution in [2.24, 2.45) is 0 Å². The van der Waals surface area contributed by atoms with Crippen molar-refractivity contribution in [3.8, 4) is 0 Å². The van der Waals surface area contributed by atoms with Crippen LogP contribution in [0.5, 0.6) is 0 Å². The van der Waals surface area contributed by atoms with E-state index in [0.717, 1.165) is 54.7 Å². The summed E-state index contributed by atoms with van der Waals surface area (Å²) in [6.45, 7) is 6.98. The highest BCUT2D eigenvalue weighted by atomic mass is 32.1. The van der Waals surface area contributed by atoms with E-state index in [2.05, 4.69) is 20.4 Å². The fraction of sp³-hybridized carbons (Fsp3) is 0.647. The van der Waals surface area contributed by atoms with Crippen molar-refractivity contribution in [3.05, 3.63) is 33.6 Å². The number of hydrogen-bond acceptors (Lipinski definition) is 7. The standard InChI is InChI=1S/C17H23N3O3S/c1-11-6-13(19-23-11)7-20-8-16(17-15(20)4-3-5-21-17)22-9-14-10-24-12(2)18-14/h6,10,15-17H,3-5,7-9H2,1-2H3/t15-,16+,17+/m0/s1. The molecule has 4 heterocycles. The molecule has 2 fully saturated rings. The Hall–Kier alpha value is -1.28. The zero-order valence-electron chi connectivity index (χ0n) is 14.1. The van der Waals surface area contributed by atoms with Gasteiger partial charge >= 0.3 is 0 Å². The molecule has 0 bridgehead atoms. The predicted molar refractivity (Wildman–Crippen MR) is 89.8 cm³/mol. The van der Waals surface area contributed by atoms with Crippen LogP contribution in [-0.2, 0) is 22.6 Å². The molecule has 0 amide bonds. The number of aromatic nitrogens is 2. The van der Waals surface area contributed by atoms with Crippen molar-refractivity contribution in [1.29, 1.82) is 0 Å². The van der Waals surface area contributed by atoms with Gasteiger partial charge in [-0.25, -0.2) is 4.98 Å². The molecular weight excluding hydrogens is 326 g/mol. The lowest BCUT2D eigenvalue weighted by atomic mass is 10.0. The summed E-state index contributed by atoms with van der Waals surface area (Å²) < 4.78 is 17.4. The van der Waals surface area contributed by atoms with E-state index in [0.29, 0.717) is 12.6 Å². The Morgan fingerprint density at radius 1 is 1.38 bits per heavy atom. The quantitative estimate of drug-likeness (QED) is 0.827. The Morgan fingerprint density at radius 3 is 3.04 bits per heavy atom. The molecule has 7 heteroatoms. The van der Waals surface area contributed by atoms with E-state index in [1.165, 1.54) is 0 Å². The second-order valence-corrected chi connectivity index (χ2v) is 7.67. The number of hydrogen-bond donors (Lipinski definition) is 0. The zero-order valence-corrected chi connectivity index (χ0v) is 14.9. The van der Waals surface area contributed by atoms with E-state index >= 15 is 0 Å². The van der Waals surface area contributed by atoms with E-state index in [-0.39, 0.29) is 12.2 Å². The molecule has 0 unspecified atom stereocenters. The highest BCUT2D eigenvalue weighted by molar-refractivity contribution is 7.09. The maximum atomic E-state index is 6.18. The lowest BCUT2D eigenvalue weighted by Gasteiger charge is -2.31.